The lowest BCUT2D eigenvalue weighted by atomic mass is 10.00. The van der Waals surface area contributed by atoms with Gasteiger partial charge in [0.05, 0.1) is 0 Å². The van der Waals surface area contributed by atoms with Gasteiger partial charge in [-0.3, -0.25) is 0 Å². The van der Waals surface area contributed by atoms with Crippen LogP contribution in [0.5, 0.6) is 0 Å². The molecule has 0 aliphatic rings. The van der Waals surface area contributed by atoms with E-state index in [4.69, 9.17) is 0 Å². The van der Waals surface area contributed by atoms with Crippen LogP contribution in [-0.2, 0) is 0 Å². The standard InChI is InChI=1S/C20H25N/c1-4-21(5-2)20-15-13-18(14-16-20)12-11-17(3)19-9-7-6-8-10-19/h6-17H,4-5H2,1-3H3. The van der Waals surface area contributed by atoms with Gasteiger partial charge in [-0.15, -0.1) is 0 Å². The Bertz CT molecular complexity index is 550. The molecule has 0 heterocycles. The fourth-order valence-electron chi connectivity index (χ4n) is 2.51. The van der Waals surface area contributed by atoms with Gasteiger partial charge in [-0.25, -0.2) is 0 Å². The van der Waals surface area contributed by atoms with E-state index >= 15 is 0 Å². The van der Waals surface area contributed by atoms with Crippen LogP contribution in [0.1, 0.15) is 37.8 Å². The van der Waals surface area contributed by atoms with Crippen molar-refractivity contribution in [3.63, 3.8) is 0 Å². The summed E-state index contributed by atoms with van der Waals surface area (Å²) in [5.41, 5.74) is 3.91. The second-order valence-corrected chi connectivity index (χ2v) is 5.32. The average molecular weight is 279 g/mol. The van der Waals surface area contributed by atoms with Crippen molar-refractivity contribution < 1.29 is 0 Å². The lowest BCUT2D eigenvalue weighted by Crippen LogP contribution is -2.21. The number of hydrogen-bond acceptors (Lipinski definition) is 1. The number of allylic oxidation sites excluding steroid dienone is 1. The monoisotopic (exact) mass is 279 g/mol. The molecule has 0 fully saturated rings. The van der Waals surface area contributed by atoms with E-state index in [1.54, 1.807) is 0 Å². The summed E-state index contributed by atoms with van der Waals surface area (Å²) in [6.45, 7) is 8.72. The second kappa shape index (κ2) is 7.68. The second-order valence-electron chi connectivity index (χ2n) is 5.32. The van der Waals surface area contributed by atoms with Crippen LogP contribution in [0.3, 0.4) is 0 Å². The molecule has 2 aromatic carbocycles. The highest BCUT2D eigenvalue weighted by molar-refractivity contribution is 5.56. The molecule has 21 heavy (non-hydrogen) atoms. The van der Waals surface area contributed by atoms with E-state index < -0.39 is 0 Å². The van der Waals surface area contributed by atoms with Crippen molar-refractivity contribution in [2.45, 2.75) is 26.7 Å². The topological polar surface area (TPSA) is 3.24 Å². The fourth-order valence-corrected chi connectivity index (χ4v) is 2.51. The lowest BCUT2D eigenvalue weighted by Gasteiger charge is -2.20. The summed E-state index contributed by atoms with van der Waals surface area (Å²) in [5, 5.41) is 0. The minimum atomic E-state index is 0.439. The van der Waals surface area contributed by atoms with E-state index in [-0.39, 0.29) is 0 Å². The van der Waals surface area contributed by atoms with Gasteiger partial charge in [0, 0.05) is 18.8 Å². The first kappa shape index (κ1) is 15.4. The molecular formula is C20H25N. The molecule has 0 aliphatic heterocycles. The minimum absolute atomic E-state index is 0.439. The molecular weight excluding hydrogens is 254 g/mol. The smallest absolute Gasteiger partial charge is 0.0366 e. The highest BCUT2D eigenvalue weighted by Gasteiger charge is 2.01. The zero-order chi connectivity index (χ0) is 15.1. The predicted octanol–water partition coefficient (Wildman–Crippen LogP) is 5.35. The van der Waals surface area contributed by atoms with E-state index in [2.05, 4.69) is 92.4 Å². The van der Waals surface area contributed by atoms with Gasteiger partial charge in [0.2, 0.25) is 0 Å². The van der Waals surface area contributed by atoms with Gasteiger partial charge in [0.15, 0.2) is 0 Å². The number of rotatable bonds is 6. The molecule has 0 bridgehead atoms. The number of anilines is 1. The Hall–Kier alpha value is -2.02. The molecule has 1 nitrogen and oxygen atoms in total. The fraction of sp³-hybridized carbons (Fsp3) is 0.300. The van der Waals surface area contributed by atoms with Crippen molar-refractivity contribution in [2.24, 2.45) is 0 Å². The third-order valence-electron chi connectivity index (χ3n) is 3.92. The normalized spacial score (nSPS) is 12.5. The van der Waals surface area contributed by atoms with Gasteiger partial charge in [-0.05, 0) is 43.0 Å². The highest BCUT2D eigenvalue weighted by atomic mass is 15.1. The van der Waals surface area contributed by atoms with Crippen LogP contribution in [0, 0.1) is 0 Å². The molecule has 0 aliphatic carbocycles. The van der Waals surface area contributed by atoms with Gasteiger partial charge in [0.25, 0.3) is 0 Å². The Morgan fingerprint density at radius 2 is 1.52 bits per heavy atom. The molecule has 2 aromatic rings. The molecule has 110 valence electrons. The summed E-state index contributed by atoms with van der Waals surface area (Å²) in [5.74, 6) is 0.439. The maximum Gasteiger partial charge on any atom is 0.0366 e. The summed E-state index contributed by atoms with van der Waals surface area (Å²) >= 11 is 0. The Balaban J connectivity index is 2.04. The van der Waals surface area contributed by atoms with E-state index in [0.717, 1.165) is 13.1 Å². The van der Waals surface area contributed by atoms with Crippen LogP contribution < -0.4 is 4.90 Å². The third kappa shape index (κ3) is 4.22. The molecule has 1 atom stereocenters. The number of hydrogen-bond donors (Lipinski definition) is 0. The van der Waals surface area contributed by atoms with E-state index in [1.807, 2.05) is 0 Å². The Morgan fingerprint density at radius 3 is 2.10 bits per heavy atom. The largest absolute Gasteiger partial charge is 0.372 e. The van der Waals surface area contributed by atoms with Crippen LogP contribution in [0.2, 0.25) is 0 Å². The van der Waals surface area contributed by atoms with Crippen LogP contribution in [0.25, 0.3) is 6.08 Å². The number of nitrogens with zero attached hydrogens (tertiary/aromatic N) is 1. The molecule has 0 radical (unpaired) electrons. The maximum atomic E-state index is 2.36. The molecule has 0 saturated carbocycles. The van der Waals surface area contributed by atoms with Gasteiger partial charge in [-0.2, -0.15) is 0 Å². The summed E-state index contributed by atoms with van der Waals surface area (Å²) in [6.07, 6.45) is 4.48. The summed E-state index contributed by atoms with van der Waals surface area (Å²) in [6, 6.07) is 19.4. The first-order valence-electron chi connectivity index (χ1n) is 7.82. The lowest BCUT2D eigenvalue weighted by molar-refractivity contribution is 0.866. The van der Waals surface area contributed by atoms with E-state index in [1.165, 1.54) is 16.8 Å². The summed E-state index contributed by atoms with van der Waals surface area (Å²) < 4.78 is 0. The van der Waals surface area contributed by atoms with Crippen molar-refractivity contribution >= 4 is 11.8 Å². The van der Waals surface area contributed by atoms with Gasteiger partial charge in [0.1, 0.15) is 0 Å². The quantitative estimate of drug-likeness (QED) is 0.689. The molecule has 1 heteroatoms. The molecule has 0 amide bonds. The van der Waals surface area contributed by atoms with Crippen molar-refractivity contribution in [3.8, 4) is 0 Å². The highest BCUT2D eigenvalue weighted by Crippen LogP contribution is 2.19. The van der Waals surface area contributed by atoms with Crippen LogP contribution in [0.4, 0.5) is 5.69 Å². The Labute approximate surface area is 128 Å². The van der Waals surface area contributed by atoms with Crippen molar-refractivity contribution in [3.05, 3.63) is 71.8 Å². The van der Waals surface area contributed by atoms with Crippen molar-refractivity contribution in [1.29, 1.82) is 0 Å². The Morgan fingerprint density at radius 1 is 0.905 bits per heavy atom. The first-order chi connectivity index (χ1) is 10.2. The zero-order valence-corrected chi connectivity index (χ0v) is 13.3. The first-order valence-corrected chi connectivity index (χ1v) is 7.82. The van der Waals surface area contributed by atoms with Crippen LogP contribution in [0.15, 0.2) is 60.7 Å². The zero-order valence-electron chi connectivity index (χ0n) is 13.3. The Kier molecular flexibility index (Phi) is 5.62. The maximum absolute atomic E-state index is 2.36. The van der Waals surface area contributed by atoms with Crippen LogP contribution in [-0.4, -0.2) is 13.1 Å². The molecule has 1 unspecified atom stereocenters. The summed E-state index contributed by atoms with van der Waals surface area (Å²) in [7, 11) is 0. The van der Waals surface area contributed by atoms with Crippen molar-refractivity contribution in [2.75, 3.05) is 18.0 Å². The molecule has 0 spiro atoms. The van der Waals surface area contributed by atoms with Gasteiger partial charge >= 0.3 is 0 Å². The SMILES string of the molecule is CCN(CC)c1ccc(C=CC(C)c2ccccc2)cc1. The van der Waals surface area contributed by atoms with E-state index in [0.29, 0.717) is 5.92 Å². The predicted molar refractivity (Wildman–Crippen MR) is 93.9 cm³/mol. The average Bonchev–Trinajstić information content (AvgIpc) is 2.55. The molecule has 2 rings (SSSR count). The number of benzene rings is 2. The minimum Gasteiger partial charge on any atom is -0.372 e. The van der Waals surface area contributed by atoms with E-state index in [9.17, 15) is 0 Å². The third-order valence-corrected chi connectivity index (χ3v) is 3.92. The van der Waals surface area contributed by atoms with Gasteiger partial charge in [-0.1, -0.05) is 61.5 Å². The van der Waals surface area contributed by atoms with Crippen molar-refractivity contribution in [1.82, 2.24) is 0 Å². The van der Waals surface area contributed by atoms with Crippen LogP contribution >= 0.6 is 0 Å². The summed E-state index contributed by atoms with van der Waals surface area (Å²) in [4.78, 5) is 2.36. The molecule has 0 saturated heterocycles. The molecule has 0 N–H and O–H groups in total. The molecule has 0 aromatic heterocycles. The van der Waals surface area contributed by atoms with Gasteiger partial charge < -0.3 is 4.90 Å².